The molecular formula is C27H36N2O8. The molecule has 0 bridgehead atoms. The van der Waals surface area contributed by atoms with Gasteiger partial charge in [-0.2, -0.15) is 0 Å². The van der Waals surface area contributed by atoms with Gasteiger partial charge in [0.2, 0.25) is 11.8 Å². The lowest BCUT2D eigenvalue weighted by Crippen LogP contribution is -2.49. The topological polar surface area (TPSA) is 137 Å². The number of ketones is 1. The summed E-state index contributed by atoms with van der Waals surface area (Å²) in [6.07, 6.45) is 2.14. The van der Waals surface area contributed by atoms with Crippen LogP contribution in [0.1, 0.15) is 39.2 Å². The Balaban J connectivity index is 2.27. The number of hydrogen-bond donors (Lipinski definition) is 2. The molecule has 2 rings (SSSR count). The van der Waals surface area contributed by atoms with Crippen molar-refractivity contribution in [2.45, 2.75) is 58.3 Å². The van der Waals surface area contributed by atoms with Crippen LogP contribution in [0.2, 0.25) is 0 Å². The molecule has 2 unspecified atom stereocenters. The van der Waals surface area contributed by atoms with E-state index in [0.29, 0.717) is 18.5 Å². The minimum atomic E-state index is -1.01. The molecule has 0 saturated heterocycles. The molecule has 2 amide bonds. The van der Waals surface area contributed by atoms with Gasteiger partial charge in [-0.25, -0.2) is 4.79 Å². The van der Waals surface area contributed by atoms with Crippen molar-refractivity contribution in [1.82, 2.24) is 10.6 Å². The summed E-state index contributed by atoms with van der Waals surface area (Å²) >= 11 is 0. The number of amides is 2. The van der Waals surface area contributed by atoms with Crippen molar-refractivity contribution in [3.63, 3.8) is 0 Å². The summed E-state index contributed by atoms with van der Waals surface area (Å²) in [5.41, 5.74) is 0.776. The highest BCUT2D eigenvalue weighted by Crippen LogP contribution is 2.17. The molecule has 1 aromatic rings. The van der Waals surface area contributed by atoms with Gasteiger partial charge in [0.25, 0.3) is 0 Å². The van der Waals surface area contributed by atoms with Crippen LogP contribution in [0.15, 0.2) is 36.4 Å². The molecule has 1 aliphatic rings. The molecule has 0 radical (unpaired) electrons. The van der Waals surface area contributed by atoms with Crippen LogP contribution in [-0.2, 0) is 39.9 Å². The second-order valence-electron chi connectivity index (χ2n) is 9.41. The number of carbonyl (C=O) groups is 5. The van der Waals surface area contributed by atoms with Gasteiger partial charge in [0.1, 0.15) is 30.8 Å². The van der Waals surface area contributed by atoms with Crippen molar-refractivity contribution in [3.8, 4) is 5.75 Å². The van der Waals surface area contributed by atoms with E-state index in [-0.39, 0.29) is 25.3 Å². The summed E-state index contributed by atoms with van der Waals surface area (Å²) < 4.78 is 16.3. The van der Waals surface area contributed by atoms with E-state index in [1.54, 1.807) is 38.3 Å². The number of carbonyl (C=O) groups excluding carboxylic acids is 5. The minimum Gasteiger partial charge on any atom is -0.497 e. The maximum atomic E-state index is 12.9. The molecule has 0 saturated carbocycles. The highest BCUT2D eigenvalue weighted by atomic mass is 16.6. The molecule has 202 valence electrons. The third-order valence-electron chi connectivity index (χ3n) is 5.79. The lowest BCUT2D eigenvalue weighted by Gasteiger charge is -2.24. The van der Waals surface area contributed by atoms with Crippen molar-refractivity contribution in [2.75, 3.05) is 20.3 Å². The predicted molar refractivity (Wildman–Crippen MR) is 135 cm³/mol. The Morgan fingerprint density at radius 3 is 2.43 bits per heavy atom. The van der Waals surface area contributed by atoms with E-state index >= 15 is 0 Å². The van der Waals surface area contributed by atoms with E-state index in [1.807, 2.05) is 13.8 Å². The molecule has 1 heterocycles. The van der Waals surface area contributed by atoms with Gasteiger partial charge in [-0.3, -0.25) is 14.4 Å². The molecule has 0 spiro atoms. The normalized spacial score (nSPS) is 24.0. The van der Waals surface area contributed by atoms with Crippen LogP contribution in [0, 0.1) is 11.8 Å². The summed E-state index contributed by atoms with van der Waals surface area (Å²) in [5.74, 6) is -2.13. The smallest absolute Gasteiger partial charge is 0.335 e. The molecule has 37 heavy (non-hydrogen) atoms. The fraction of sp³-hybridized carbons (Fsp3) is 0.519. The van der Waals surface area contributed by atoms with Gasteiger partial charge in [0, 0.05) is 18.8 Å². The van der Waals surface area contributed by atoms with E-state index < -0.39 is 54.3 Å². The average molecular weight is 517 g/mol. The molecule has 10 nitrogen and oxygen atoms in total. The minimum absolute atomic E-state index is 0.0715. The highest BCUT2D eigenvalue weighted by Gasteiger charge is 2.29. The number of benzene rings is 1. The van der Waals surface area contributed by atoms with E-state index in [2.05, 4.69) is 10.6 Å². The summed E-state index contributed by atoms with van der Waals surface area (Å²) in [4.78, 5) is 62.1. The maximum Gasteiger partial charge on any atom is 0.335 e. The van der Waals surface area contributed by atoms with Crippen LogP contribution in [0.25, 0.3) is 0 Å². The summed E-state index contributed by atoms with van der Waals surface area (Å²) in [5, 5.41) is 5.18. The molecule has 1 aromatic carbocycles. The van der Waals surface area contributed by atoms with Crippen molar-refractivity contribution >= 4 is 29.9 Å². The summed E-state index contributed by atoms with van der Waals surface area (Å²) in [6.45, 7) is 4.66. The molecule has 2 N–H and O–H groups in total. The molecule has 0 fully saturated rings. The third kappa shape index (κ3) is 10.2. The first-order valence-corrected chi connectivity index (χ1v) is 12.3. The second kappa shape index (κ2) is 14.9. The van der Waals surface area contributed by atoms with E-state index in [0.717, 1.165) is 5.56 Å². The van der Waals surface area contributed by atoms with Gasteiger partial charge in [0.15, 0.2) is 11.9 Å². The average Bonchev–Trinajstić information content (AvgIpc) is 2.87. The zero-order chi connectivity index (χ0) is 27.4. The van der Waals surface area contributed by atoms with E-state index in [1.165, 1.54) is 12.2 Å². The van der Waals surface area contributed by atoms with Crippen molar-refractivity contribution in [3.05, 3.63) is 42.0 Å². The van der Waals surface area contributed by atoms with Crippen LogP contribution in [0.3, 0.4) is 0 Å². The van der Waals surface area contributed by atoms with E-state index in [9.17, 15) is 24.0 Å². The Bertz CT molecular complexity index is 973. The van der Waals surface area contributed by atoms with Crippen LogP contribution in [0.5, 0.6) is 5.75 Å². The number of hydrogen-bond acceptors (Lipinski definition) is 8. The number of aldehydes is 1. The number of esters is 1. The van der Waals surface area contributed by atoms with Crippen LogP contribution in [-0.4, -0.2) is 68.4 Å². The Hall–Kier alpha value is -3.53. The Morgan fingerprint density at radius 1 is 1.11 bits per heavy atom. The second-order valence-corrected chi connectivity index (χ2v) is 9.41. The van der Waals surface area contributed by atoms with Gasteiger partial charge in [-0.1, -0.05) is 39.0 Å². The largest absolute Gasteiger partial charge is 0.497 e. The van der Waals surface area contributed by atoms with Crippen LogP contribution >= 0.6 is 0 Å². The van der Waals surface area contributed by atoms with Crippen molar-refractivity contribution in [1.29, 1.82) is 0 Å². The van der Waals surface area contributed by atoms with Gasteiger partial charge < -0.3 is 29.6 Å². The van der Waals surface area contributed by atoms with E-state index in [4.69, 9.17) is 14.2 Å². The summed E-state index contributed by atoms with van der Waals surface area (Å²) in [6, 6.07) is 6.09. The first kappa shape index (κ1) is 29.7. The number of Topliss-reactive ketones (excluding diaryl/α,β-unsaturated/α-hetero) is 1. The first-order valence-electron chi connectivity index (χ1n) is 12.3. The van der Waals surface area contributed by atoms with Gasteiger partial charge >= 0.3 is 5.97 Å². The Morgan fingerprint density at radius 2 is 1.81 bits per heavy atom. The highest BCUT2D eigenvalue weighted by molar-refractivity contribution is 5.94. The van der Waals surface area contributed by atoms with Crippen molar-refractivity contribution in [2.24, 2.45) is 11.8 Å². The number of nitrogens with one attached hydrogen (secondary N) is 2. The van der Waals surface area contributed by atoms with Gasteiger partial charge in [-0.15, -0.1) is 0 Å². The van der Waals surface area contributed by atoms with Crippen LogP contribution < -0.4 is 15.4 Å². The zero-order valence-electron chi connectivity index (χ0n) is 21.7. The van der Waals surface area contributed by atoms with Gasteiger partial charge in [-0.05, 0) is 36.1 Å². The van der Waals surface area contributed by atoms with Gasteiger partial charge in [0.05, 0.1) is 13.7 Å². The molecule has 0 aliphatic carbocycles. The number of ether oxygens (including phenoxy) is 3. The first-order chi connectivity index (χ1) is 17.6. The van der Waals surface area contributed by atoms with Crippen molar-refractivity contribution < 1.29 is 38.2 Å². The number of cyclic esters (lactones) is 1. The summed E-state index contributed by atoms with van der Waals surface area (Å²) in [7, 11) is 1.55. The fourth-order valence-electron chi connectivity index (χ4n) is 3.63. The Kier molecular flexibility index (Phi) is 12.0. The maximum absolute atomic E-state index is 12.9. The molecule has 0 aromatic heterocycles. The quantitative estimate of drug-likeness (QED) is 0.411. The van der Waals surface area contributed by atoms with Crippen LogP contribution in [0.4, 0.5) is 0 Å². The molecule has 1 aliphatic heterocycles. The third-order valence-corrected chi connectivity index (χ3v) is 5.79. The monoisotopic (exact) mass is 516 g/mol. The standard InChI is InChI=1S/C27H36N2O8/c1-17(2)12-24-27(34)37-23(18(3)15-30)6-5-7-25(32)29-22(26(33)28-14-20(31)16-36-24)13-19-8-10-21(35-4)11-9-19/h5,7-11,15,17-18,22-24H,6,12-14,16H2,1-4H3,(H,28,33)(H,29,32)/b7-5+/t18-,22?,23?,24-/m0/s1. The molecular weight excluding hydrogens is 480 g/mol. The predicted octanol–water partition coefficient (Wildman–Crippen LogP) is 1.55. The molecule has 10 heteroatoms. The molecule has 4 atom stereocenters. The number of methoxy groups -OCH3 is 1. The lowest BCUT2D eigenvalue weighted by atomic mass is 10.0. The fourth-order valence-corrected chi connectivity index (χ4v) is 3.63. The lowest BCUT2D eigenvalue weighted by molar-refractivity contribution is -0.166. The number of rotatable bonds is 7. The SMILES string of the molecule is COc1ccc(CC2NC(=O)/C=C/CC([C@@H](C)C=O)OC(=O)[C@H](CC(C)C)OCC(=O)CNC2=O)cc1. The zero-order valence-corrected chi connectivity index (χ0v) is 21.7. The Labute approximate surface area is 217 Å².